The Morgan fingerprint density at radius 3 is 2.33 bits per heavy atom. The summed E-state index contributed by atoms with van der Waals surface area (Å²) in [5.41, 5.74) is 11.5. The van der Waals surface area contributed by atoms with Crippen molar-refractivity contribution < 1.29 is 0 Å². The molecule has 0 radical (unpaired) electrons. The van der Waals surface area contributed by atoms with Gasteiger partial charge in [-0.25, -0.2) is 0 Å². The quantitative estimate of drug-likeness (QED) is 0.841. The topological polar surface area (TPSA) is 43.8 Å². The molecule has 0 bridgehead atoms. The van der Waals surface area contributed by atoms with Crippen molar-refractivity contribution in [1.29, 1.82) is 0 Å². The van der Waals surface area contributed by atoms with E-state index in [1.807, 2.05) is 12.1 Å². The summed E-state index contributed by atoms with van der Waals surface area (Å²) in [7, 11) is 0. The second kappa shape index (κ2) is 4.84. The van der Waals surface area contributed by atoms with E-state index in [9.17, 15) is 0 Å². The number of anilines is 1. The van der Waals surface area contributed by atoms with Gasteiger partial charge in [0.15, 0.2) is 0 Å². The van der Waals surface area contributed by atoms with Gasteiger partial charge >= 0.3 is 0 Å². The molecule has 0 aliphatic heterocycles. The van der Waals surface area contributed by atoms with Crippen LogP contribution in [0, 0.1) is 13.8 Å². The smallest absolute Gasteiger partial charge is 0.0743 e. The molecule has 0 aliphatic rings. The van der Waals surface area contributed by atoms with Crippen molar-refractivity contribution in [1.82, 2.24) is 9.78 Å². The normalized spacial score (nSPS) is 12.7. The fourth-order valence-electron chi connectivity index (χ4n) is 2.50. The van der Waals surface area contributed by atoms with Crippen LogP contribution in [0.25, 0.3) is 0 Å². The Bertz CT molecular complexity index is 538. The van der Waals surface area contributed by atoms with Crippen molar-refractivity contribution in [3.63, 3.8) is 0 Å². The van der Waals surface area contributed by atoms with E-state index >= 15 is 0 Å². The minimum atomic E-state index is 0.240. The molecule has 0 amide bonds. The molecular weight excluding hydrogens is 222 g/mol. The number of aryl methyl sites for hydroxylation is 1. The van der Waals surface area contributed by atoms with E-state index in [0.29, 0.717) is 0 Å². The van der Waals surface area contributed by atoms with Crippen molar-refractivity contribution in [2.45, 2.75) is 40.2 Å². The van der Waals surface area contributed by atoms with E-state index < -0.39 is 0 Å². The Balaban J connectivity index is 2.39. The molecule has 96 valence electrons. The highest BCUT2D eigenvalue weighted by Crippen LogP contribution is 2.23. The first-order valence-electron chi connectivity index (χ1n) is 6.44. The predicted octanol–water partition coefficient (Wildman–Crippen LogP) is 3.25. The average Bonchev–Trinajstić information content (AvgIpc) is 2.64. The van der Waals surface area contributed by atoms with Gasteiger partial charge in [0.1, 0.15) is 0 Å². The first kappa shape index (κ1) is 12.7. The van der Waals surface area contributed by atoms with Gasteiger partial charge in [-0.2, -0.15) is 5.10 Å². The van der Waals surface area contributed by atoms with Gasteiger partial charge in [-0.3, -0.25) is 4.68 Å². The summed E-state index contributed by atoms with van der Waals surface area (Å²) in [6.07, 6.45) is 1.03. The fraction of sp³-hybridized carbons (Fsp3) is 0.400. The minimum absolute atomic E-state index is 0.240. The first-order valence-corrected chi connectivity index (χ1v) is 6.44. The van der Waals surface area contributed by atoms with Crippen LogP contribution < -0.4 is 5.73 Å². The maximum Gasteiger partial charge on any atom is 0.0743 e. The number of nitrogens with two attached hydrogens (primary N) is 1. The molecule has 2 rings (SSSR count). The zero-order chi connectivity index (χ0) is 13.3. The van der Waals surface area contributed by atoms with Crippen LogP contribution in [-0.2, 0) is 6.42 Å². The molecule has 0 aliphatic carbocycles. The van der Waals surface area contributed by atoms with Gasteiger partial charge in [-0.15, -0.1) is 0 Å². The average molecular weight is 243 g/mol. The molecular formula is C15H21N3. The predicted molar refractivity (Wildman–Crippen MR) is 75.7 cm³/mol. The number of hydrogen-bond donors (Lipinski definition) is 1. The standard InChI is InChI=1S/C15H21N3/c1-5-15-10(2)17-18(12(15)4)11(3)13-6-8-14(16)9-7-13/h6-9,11H,5,16H2,1-4H3. The van der Waals surface area contributed by atoms with E-state index in [1.54, 1.807) is 0 Å². The van der Waals surface area contributed by atoms with Crippen molar-refractivity contribution >= 4 is 5.69 Å². The van der Waals surface area contributed by atoms with Gasteiger partial charge in [0.25, 0.3) is 0 Å². The number of benzene rings is 1. The maximum atomic E-state index is 5.72. The summed E-state index contributed by atoms with van der Waals surface area (Å²) in [6, 6.07) is 8.27. The number of aromatic nitrogens is 2. The number of nitrogen functional groups attached to an aromatic ring is 1. The highest BCUT2D eigenvalue weighted by atomic mass is 15.3. The van der Waals surface area contributed by atoms with Gasteiger partial charge in [-0.1, -0.05) is 19.1 Å². The van der Waals surface area contributed by atoms with Crippen molar-refractivity contribution in [3.8, 4) is 0 Å². The zero-order valence-electron chi connectivity index (χ0n) is 11.6. The van der Waals surface area contributed by atoms with Crippen molar-refractivity contribution in [2.24, 2.45) is 0 Å². The largest absolute Gasteiger partial charge is 0.399 e. The van der Waals surface area contributed by atoms with Gasteiger partial charge in [-0.05, 0) is 50.5 Å². The monoisotopic (exact) mass is 243 g/mol. The second-order valence-corrected chi connectivity index (χ2v) is 4.79. The number of rotatable bonds is 3. The van der Waals surface area contributed by atoms with Crippen LogP contribution in [0.5, 0.6) is 0 Å². The Morgan fingerprint density at radius 1 is 1.22 bits per heavy atom. The summed E-state index contributed by atoms with van der Waals surface area (Å²) in [4.78, 5) is 0. The Kier molecular flexibility index (Phi) is 3.41. The van der Waals surface area contributed by atoms with E-state index in [4.69, 9.17) is 5.73 Å². The molecule has 1 unspecified atom stereocenters. The lowest BCUT2D eigenvalue weighted by Gasteiger charge is -2.15. The Hall–Kier alpha value is -1.77. The highest BCUT2D eigenvalue weighted by molar-refractivity contribution is 5.40. The summed E-state index contributed by atoms with van der Waals surface area (Å²) in [6.45, 7) is 8.57. The molecule has 18 heavy (non-hydrogen) atoms. The molecule has 3 nitrogen and oxygen atoms in total. The third-order valence-corrected chi connectivity index (χ3v) is 3.61. The van der Waals surface area contributed by atoms with E-state index in [2.05, 4.69) is 49.6 Å². The summed E-state index contributed by atoms with van der Waals surface area (Å²) in [5, 5.41) is 4.67. The van der Waals surface area contributed by atoms with Gasteiger partial charge in [0, 0.05) is 11.4 Å². The maximum absolute atomic E-state index is 5.72. The van der Waals surface area contributed by atoms with Crippen molar-refractivity contribution in [3.05, 3.63) is 46.8 Å². The zero-order valence-corrected chi connectivity index (χ0v) is 11.6. The summed E-state index contributed by atoms with van der Waals surface area (Å²) in [5.74, 6) is 0. The number of nitrogens with zero attached hydrogens (tertiary/aromatic N) is 2. The van der Waals surface area contributed by atoms with Crippen LogP contribution in [-0.4, -0.2) is 9.78 Å². The molecule has 2 N–H and O–H groups in total. The van der Waals surface area contributed by atoms with Crippen LogP contribution in [0.2, 0.25) is 0 Å². The molecule has 0 spiro atoms. The van der Waals surface area contributed by atoms with Gasteiger partial charge in [0.05, 0.1) is 11.7 Å². The molecule has 3 heteroatoms. The molecule has 2 aromatic rings. The lowest BCUT2D eigenvalue weighted by atomic mass is 10.1. The molecule has 0 fully saturated rings. The van der Waals surface area contributed by atoms with E-state index in [-0.39, 0.29) is 6.04 Å². The fourth-order valence-corrected chi connectivity index (χ4v) is 2.50. The second-order valence-electron chi connectivity index (χ2n) is 4.79. The molecule has 0 saturated carbocycles. The van der Waals surface area contributed by atoms with Crippen molar-refractivity contribution in [2.75, 3.05) is 5.73 Å². The molecule has 1 aromatic carbocycles. The van der Waals surface area contributed by atoms with Gasteiger partial charge in [0.2, 0.25) is 0 Å². The third-order valence-electron chi connectivity index (χ3n) is 3.61. The summed E-state index contributed by atoms with van der Waals surface area (Å²) < 4.78 is 2.11. The van der Waals surface area contributed by atoms with Crippen LogP contribution >= 0.6 is 0 Å². The van der Waals surface area contributed by atoms with E-state index in [0.717, 1.165) is 17.8 Å². The van der Waals surface area contributed by atoms with Gasteiger partial charge < -0.3 is 5.73 Å². The lowest BCUT2D eigenvalue weighted by Crippen LogP contribution is -2.10. The molecule has 1 atom stereocenters. The Morgan fingerprint density at radius 2 is 1.83 bits per heavy atom. The van der Waals surface area contributed by atoms with Crippen LogP contribution in [0.4, 0.5) is 5.69 Å². The molecule has 1 aromatic heterocycles. The number of hydrogen-bond acceptors (Lipinski definition) is 2. The van der Waals surface area contributed by atoms with Crippen LogP contribution in [0.1, 0.15) is 42.4 Å². The SMILES string of the molecule is CCc1c(C)nn(C(C)c2ccc(N)cc2)c1C. The highest BCUT2D eigenvalue weighted by Gasteiger charge is 2.15. The Labute approximate surface area is 109 Å². The van der Waals surface area contributed by atoms with Crippen LogP contribution in [0.3, 0.4) is 0 Å². The minimum Gasteiger partial charge on any atom is -0.399 e. The van der Waals surface area contributed by atoms with E-state index in [1.165, 1.54) is 16.8 Å². The van der Waals surface area contributed by atoms with Crippen LogP contribution in [0.15, 0.2) is 24.3 Å². The molecule has 0 saturated heterocycles. The third kappa shape index (κ3) is 2.13. The molecule has 1 heterocycles. The summed E-state index contributed by atoms with van der Waals surface area (Å²) >= 11 is 0. The first-order chi connectivity index (χ1) is 8.54. The lowest BCUT2D eigenvalue weighted by molar-refractivity contribution is 0.546.